The first-order valence-corrected chi connectivity index (χ1v) is 2.17. The van der Waals surface area contributed by atoms with Gasteiger partial charge in [0, 0.05) is 17.1 Å². The Balaban J connectivity index is -0.0000000625. The number of carboxylic acids is 4. The summed E-state index contributed by atoms with van der Waals surface area (Å²) in [6, 6.07) is 0. The van der Waals surface area contributed by atoms with Crippen LogP contribution in [0.1, 0.15) is 0 Å². The predicted molar refractivity (Wildman–Crippen MR) is 31.0 cm³/mol. The largest absolute Gasteiger partial charge is 2.00 e. The maximum absolute atomic E-state index is 9.04. The fraction of sp³-hybridized carbons (Fsp3) is 0. The van der Waals surface area contributed by atoms with Crippen LogP contribution in [0, 0.1) is 0 Å². The molecule has 8 nitrogen and oxygen atoms in total. The van der Waals surface area contributed by atoms with E-state index in [0.717, 1.165) is 0 Å². The van der Waals surface area contributed by atoms with E-state index in [0.29, 0.717) is 0 Å². The maximum atomic E-state index is 9.04. The molecule has 0 aromatic carbocycles. The van der Waals surface area contributed by atoms with E-state index in [9.17, 15) is 0 Å². The first-order chi connectivity index (χ1) is 5.29. The van der Waals surface area contributed by atoms with Gasteiger partial charge in [0.1, 0.15) is 0 Å². The molecule has 0 rings (SSSR count). The van der Waals surface area contributed by atoms with Gasteiger partial charge in [-0.05, 0) is 0 Å². The van der Waals surface area contributed by atoms with Crippen LogP contribution in [0.15, 0.2) is 0 Å². The number of hydrogen-bond donors (Lipinski definition) is 2. The Bertz CT molecular complexity index is 177. The second-order valence-electron chi connectivity index (χ2n) is 1.19. The summed E-state index contributed by atoms with van der Waals surface area (Å²) < 4.78 is 0. The van der Waals surface area contributed by atoms with E-state index in [1.54, 1.807) is 0 Å². The number of carbonyl (C=O) groups excluding carboxylic acids is 2. The second-order valence-corrected chi connectivity index (χ2v) is 1.19. The molecule has 0 aromatic heterocycles. The van der Waals surface area contributed by atoms with Gasteiger partial charge in [-0.2, -0.15) is 0 Å². The van der Waals surface area contributed by atoms with Gasteiger partial charge in [0.15, 0.2) is 11.9 Å². The number of carboxylic acid groups (broad SMARTS) is 4. The van der Waals surface area contributed by atoms with E-state index < -0.39 is 23.9 Å². The smallest absolute Gasteiger partial charge is 0.539 e. The predicted octanol–water partition coefficient (Wildman–Crippen LogP) is -4.74. The minimum atomic E-state index is -2.07. The molecule has 1 radical (unpaired) electrons. The summed E-state index contributed by atoms with van der Waals surface area (Å²) >= 11 is 0. The van der Waals surface area contributed by atoms with Gasteiger partial charge >= 0.3 is 60.8 Å². The van der Waals surface area contributed by atoms with Gasteiger partial charge in [0.05, 0.1) is 0 Å². The summed E-state index contributed by atoms with van der Waals surface area (Å²) in [4.78, 5) is 36.1. The summed E-state index contributed by atoms with van der Waals surface area (Å²) in [5.74, 6) is -8.02. The number of hydrogen-bond acceptors (Lipinski definition) is 6. The molecule has 0 spiro atoms. The minimum absolute atomic E-state index is 0. The Morgan fingerprint density at radius 1 is 0.786 bits per heavy atom. The molecule has 0 saturated heterocycles. The number of carbonyl (C=O) groups is 4. The quantitative estimate of drug-likeness (QED) is 0.314. The number of aliphatic carboxylic acids is 4. The summed E-state index contributed by atoms with van der Waals surface area (Å²) in [7, 11) is 0. The molecule has 79 valence electrons. The second kappa shape index (κ2) is 13.0. The summed E-state index contributed by atoms with van der Waals surface area (Å²) in [5, 5.41) is 32.6. The fourth-order valence-electron chi connectivity index (χ4n) is 0. The molecule has 0 bridgehead atoms. The molecule has 0 unspecified atom stereocenters. The van der Waals surface area contributed by atoms with E-state index in [1.807, 2.05) is 0 Å². The van der Waals surface area contributed by atoms with Crippen LogP contribution in [-0.4, -0.2) is 83.0 Å². The van der Waals surface area contributed by atoms with Gasteiger partial charge in [-0.15, -0.1) is 0 Å². The SMILES string of the molecule is O=C([O-])C(=O)O.O=C([O-])C(=O)O.[Ba+2].[Cu]. The van der Waals surface area contributed by atoms with E-state index in [-0.39, 0.29) is 65.9 Å². The average molecular weight is 379 g/mol. The van der Waals surface area contributed by atoms with Crippen molar-refractivity contribution in [2.24, 2.45) is 0 Å². The Morgan fingerprint density at radius 2 is 0.857 bits per heavy atom. The molecule has 14 heavy (non-hydrogen) atoms. The summed E-state index contributed by atoms with van der Waals surface area (Å²) in [6.07, 6.45) is 0. The normalized spacial score (nSPS) is 6.29. The Labute approximate surface area is 128 Å². The maximum Gasteiger partial charge on any atom is 2.00 e. The van der Waals surface area contributed by atoms with Gasteiger partial charge in [-0.3, -0.25) is 0 Å². The third-order valence-corrected chi connectivity index (χ3v) is 0.349. The van der Waals surface area contributed by atoms with Crippen molar-refractivity contribution in [2.45, 2.75) is 0 Å². The van der Waals surface area contributed by atoms with E-state index in [4.69, 9.17) is 39.6 Å². The van der Waals surface area contributed by atoms with Crippen LogP contribution in [0.4, 0.5) is 0 Å². The minimum Gasteiger partial charge on any atom is -0.539 e. The standard InChI is InChI=1S/2C2H2O4.Ba.Cu/c2*3-1(4)2(5)6;;/h2*(H,3,4)(H,5,6);;/q;;+2;/p-2. The van der Waals surface area contributed by atoms with Crippen LogP contribution in [0.2, 0.25) is 0 Å². The molecule has 0 aliphatic heterocycles. The van der Waals surface area contributed by atoms with E-state index in [1.165, 1.54) is 0 Å². The molecule has 0 aliphatic rings. The fourth-order valence-corrected chi connectivity index (χ4v) is 0. The van der Waals surface area contributed by atoms with Crippen LogP contribution in [0.25, 0.3) is 0 Å². The van der Waals surface area contributed by atoms with Crippen molar-refractivity contribution in [2.75, 3.05) is 0 Å². The van der Waals surface area contributed by atoms with Gasteiger partial charge in [0.2, 0.25) is 0 Å². The van der Waals surface area contributed by atoms with Crippen molar-refractivity contribution in [3.05, 3.63) is 0 Å². The zero-order valence-corrected chi connectivity index (χ0v) is 11.7. The zero-order chi connectivity index (χ0) is 10.3. The van der Waals surface area contributed by atoms with Crippen molar-refractivity contribution < 1.29 is 56.7 Å². The van der Waals surface area contributed by atoms with Crippen molar-refractivity contribution in [1.82, 2.24) is 0 Å². The van der Waals surface area contributed by atoms with Crippen LogP contribution in [-0.2, 0) is 36.2 Å². The molecule has 0 amide bonds. The third kappa shape index (κ3) is 22.7. The molecule has 2 N–H and O–H groups in total. The van der Waals surface area contributed by atoms with Crippen LogP contribution in [0.5, 0.6) is 0 Å². The van der Waals surface area contributed by atoms with Crippen molar-refractivity contribution in [1.29, 1.82) is 0 Å². The monoisotopic (exact) mass is 379 g/mol. The van der Waals surface area contributed by atoms with Crippen LogP contribution >= 0.6 is 0 Å². The van der Waals surface area contributed by atoms with Gasteiger partial charge in [-0.1, -0.05) is 0 Å². The van der Waals surface area contributed by atoms with Gasteiger partial charge in [-0.25, -0.2) is 9.59 Å². The molecule has 0 heterocycles. The Morgan fingerprint density at radius 3 is 0.857 bits per heavy atom. The van der Waals surface area contributed by atoms with Crippen molar-refractivity contribution in [3.8, 4) is 0 Å². The molecule has 0 fully saturated rings. The summed E-state index contributed by atoms with van der Waals surface area (Å²) in [6.45, 7) is 0. The molecular weight excluding hydrogens is 377 g/mol. The molecule has 0 saturated carbocycles. The van der Waals surface area contributed by atoms with Crippen molar-refractivity contribution in [3.63, 3.8) is 0 Å². The first-order valence-electron chi connectivity index (χ1n) is 2.17. The molecule has 0 aliphatic carbocycles. The first kappa shape index (κ1) is 23.6. The van der Waals surface area contributed by atoms with E-state index in [2.05, 4.69) is 0 Å². The Kier molecular flexibility index (Phi) is 21.9. The third-order valence-electron chi connectivity index (χ3n) is 0.349. The zero-order valence-electron chi connectivity index (χ0n) is 6.35. The Hall–Kier alpha value is -0.0291. The topological polar surface area (TPSA) is 155 Å². The van der Waals surface area contributed by atoms with Crippen molar-refractivity contribution >= 4 is 72.8 Å². The van der Waals surface area contributed by atoms with Crippen LogP contribution in [0.3, 0.4) is 0 Å². The average Bonchev–Trinajstić information content (AvgIpc) is 1.88. The van der Waals surface area contributed by atoms with Crippen LogP contribution < -0.4 is 10.2 Å². The number of rotatable bonds is 0. The molecule has 0 atom stereocenters. The molecule has 10 heteroatoms. The van der Waals surface area contributed by atoms with Gasteiger partial charge in [0.25, 0.3) is 0 Å². The van der Waals surface area contributed by atoms with E-state index >= 15 is 0 Å². The molecular formula is C4H2BaCuO8. The molecule has 0 aromatic rings. The van der Waals surface area contributed by atoms with Gasteiger partial charge < -0.3 is 30.0 Å². The summed E-state index contributed by atoms with van der Waals surface area (Å²) in [5.41, 5.74) is 0.